The van der Waals surface area contributed by atoms with Crippen LogP contribution in [-0.4, -0.2) is 28.1 Å². The fourth-order valence-corrected chi connectivity index (χ4v) is 3.95. The van der Waals surface area contributed by atoms with Crippen LogP contribution in [0.4, 0.5) is 0 Å². The molecule has 0 heterocycles. The van der Waals surface area contributed by atoms with Gasteiger partial charge in [0.1, 0.15) is 5.75 Å². The summed E-state index contributed by atoms with van der Waals surface area (Å²) in [5.74, 6) is 1.48. The van der Waals surface area contributed by atoms with Crippen molar-refractivity contribution in [1.29, 1.82) is 0 Å². The van der Waals surface area contributed by atoms with Gasteiger partial charge in [0.05, 0.1) is 0 Å². The molecule has 0 aliphatic heterocycles. The van der Waals surface area contributed by atoms with Gasteiger partial charge in [-0.1, -0.05) is 31.5 Å². The SMILES string of the molecule is CCS[C@@H]1CCC[C@H]1NC(=O)CCc1ccccc1O. The molecule has 0 unspecified atom stereocenters. The van der Waals surface area contributed by atoms with Gasteiger partial charge in [0.25, 0.3) is 0 Å². The van der Waals surface area contributed by atoms with Crippen molar-refractivity contribution in [2.24, 2.45) is 0 Å². The predicted octanol–water partition coefficient (Wildman–Crippen LogP) is 3.12. The smallest absolute Gasteiger partial charge is 0.220 e. The van der Waals surface area contributed by atoms with E-state index in [4.69, 9.17) is 0 Å². The van der Waals surface area contributed by atoms with Crippen molar-refractivity contribution in [3.8, 4) is 5.75 Å². The summed E-state index contributed by atoms with van der Waals surface area (Å²) >= 11 is 1.95. The van der Waals surface area contributed by atoms with Crippen molar-refractivity contribution in [3.05, 3.63) is 29.8 Å². The molecule has 0 bridgehead atoms. The number of hydrogen-bond donors (Lipinski definition) is 2. The third-order valence-corrected chi connectivity index (χ3v) is 5.12. The van der Waals surface area contributed by atoms with Crippen molar-refractivity contribution < 1.29 is 9.90 Å². The molecule has 0 aromatic heterocycles. The second-order valence-electron chi connectivity index (χ2n) is 5.23. The molecule has 1 saturated carbocycles. The number of aryl methyl sites for hydroxylation is 1. The van der Waals surface area contributed by atoms with Crippen molar-refractivity contribution in [2.75, 3.05) is 5.75 Å². The van der Waals surface area contributed by atoms with E-state index in [1.54, 1.807) is 12.1 Å². The Balaban J connectivity index is 1.79. The van der Waals surface area contributed by atoms with Gasteiger partial charge < -0.3 is 10.4 Å². The van der Waals surface area contributed by atoms with E-state index in [1.165, 1.54) is 12.8 Å². The van der Waals surface area contributed by atoms with Gasteiger partial charge in [-0.15, -0.1) is 0 Å². The lowest BCUT2D eigenvalue weighted by atomic mass is 10.1. The summed E-state index contributed by atoms with van der Waals surface area (Å²) in [5, 5.41) is 13.4. The van der Waals surface area contributed by atoms with Crippen LogP contribution < -0.4 is 5.32 Å². The number of para-hydroxylation sites is 1. The first-order chi connectivity index (χ1) is 9.70. The number of aromatic hydroxyl groups is 1. The summed E-state index contributed by atoms with van der Waals surface area (Å²) in [6.07, 6.45) is 4.55. The Bertz CT molecular complexity index is 450. The molecule has 2 N–H and O–H groups in total. The molecule has 1 amide bonds. The standard InChI is InChI=1S/C16H23NO2S/c1-2-20-15-9-5-7-13(15)17-16(19)11-10-12-6-3-4-8-14(12)18/h3-4,6,8,13,15,18H,2,5,7,9-11H2,1H3,(H,17,19)/t13-,15-/m1/s1. The second-order valence-corrected chi connectivity index (χ2v) is 6.74. The molecule has 0 saturated heterocycles. The maximum atomic E-state index is 12.0. The Morgan fingerprint density at radius 1 is 1.40 bits per heavy atom. The van der Waals surface area contributed by atoms with Crippen LogP contribution in [0, 0.1) is 0 Å². The average Bonchev–Trinajstić information content (AvgIpc) is 2.86. The second kappa shape index (κ2) is 7.58. The maximum absolute atomic E-state index is 12.0. The normalized spacial score (nSPS) is 21.9. The summed E-state index contributed by atoms with van der Waals surface area (Å²) in [7, 11) is 0. The van der Waals surface area contributed by atoms with Gasteiger partial charge in [0, 0.05) is 17.7 Å². The molecule has 1 aromatic rings. The van der Waals surface area contributed by atoms with Crippen LogP contribution in [0.3, 0.4) is 0 Å². The number of phenols is 1. The minimum absolute atomic E-state index is 0.0989. The van der Waals surface area contributed by atoms with Gasteiger partial charge in [-0.2, -0.15) is 11.8 Å². The predicted molar refractivity (Wildman–Crippen MR) is 84.1 cm³/mol. The number of amides is 1. The molecule has 0 spiro atoms. The number of nitrogens with one attached hydrogen (secondary N) is 1. The summed E-state index contributed by atoms with van der Waals surface area (Å²) < 4.78 is 0. The first-order valence-corrected chi connectivity index (χ1v) is 8.43. The van der Waals surface area contributed by atoms with E-state index in [2.05, 4.69) is 12.2 Å². The van der Waals surface area contributed by atoms with Gasteiger partial charge >= 0.3 is 0 Å². The molecule has 1 fully saturated rings. The van der Waals surface area contributed by atoms with E-state index in [0.717, 1.165) is 17.7 Å². The third-order valence-electron chi connectivity index (χ3n) is 3.79. The number of hydrogen-bond acceptors (Lipinski definition) is 3. The molecule has 2 rings (SSSR count). The van der Waals surface area contributed by atoms with Crippen molar-refractivity contribution in [3.63, 3.8) is 0 Å². The highest BCUT2D eigenvalue weighted by atomic mass is 32.2. The Hall–Kier alpha value is -1.16. The quantitative estimate of drug-likeness (QED) is 0.847. The lowest BCUT2D eigenvalue weighted by Crippen LogP contribution is -2.38. The van der Waals surface area contributed by atoms with Gasteiger partial charge in [0.2, 0.25) is 5.91 Å². The lowest BCUT2D eigenvalue weighted by molar-refractivity contribution is -0.121. The zero-order valence-corrected chi connectivity index (χ0v) is 12.8. The molecule has 3 nitrogen and oxygen atoms in total. The van der Waals surface area contributed by atoms with Crippen molar-refractivity contribution in [2.45, 2.75) is 50.3 Å². The molecule has 1 aliphatic carbocycles. The van der Waals surface area contributed by atoms with Crippen LogP contribution >= 0.6 is 11.8 Å². The molecule has 20 heavy (non-hydrogen) atoms. The molecule has 4 heteroatoms. The molecular formula is C16H23NO2S. The molecule has 110 valence electrons. The van der Waals surface area contributed by atoms with Crippen LogP contribution in [-0.2, 0) is 11.2 Å². The summed E-state index contributed by atoms with van der Waals surface area (Å²) in [6, 6.07) is 7.55. The highest BCUT2D eigenvalue weighted by Crippen LogP contribution is 2.30. The highest BCUT2D eigenvalue weighted by molar-refractivity contribution is 7.99. The molecule has 1 aromatic carbocycles. The fraction of sp³-hybridized carbons (Fsp3) is 0.562. The molecular weight excluding hydrogens is 270 g/mol. The first kappa shape index (κ1) is 15.2. The highest BCUT2D eigenvalue weighted by Gasteiger charge is 2.28. The number of thioether (sulfide) groups is 1. The Morgan fingerprint density at radius 3 is 2.95 bits per heavy atom. The maximum Gasteiger partial charge on any atom is 0.220 e. The number of phenolic OH excluding ortho intramolecular Hbond substituents is 1. The Kier molecular flexibility index (Phi) is 5.77. The van der Waals surface area contributed by atoms with Gasteiger partial charge in [0.15, 0.2) is 0 Å². The summed E-state index contributed by atoms with van der Waals surface area (Å²) in [4.78, 5) is 12.0. The molecule has 1 aliphatic rings. The summed E-state index contributed by atoms with van der Waals surface area (Å²) in [6.45, 7) is 2.17. The zero-order chi connectivity index (χ0) is 14.4. The minimum Gasteiger partial charge on any atom is -0.508 e. The van der Waals surface area contributed by atoms with Crippen molar-refractivity contribution in [1.82, 2.24) is 5.32 Å². The minimum atomic E-state index is 0.0989. The topological polar surface area (TPSA) is 49.3 Å². The number of carbonyl (C=O) groups is 1. The Labute approximate surface area is 125 Å². The third kappa shape index (κ3) is 4.17. The largest absolute Gasteiger partial charge is 0.508 e. The number of rotatable bonds is 6. The molecule has 2 atom stereocenters. The van der Waals surface area contributed by atoms with Crippen LogP contribution in [0.5, 0.6) is 5.75 Å². The Morgan fingerprint density at radius 2 is 2.20 bits per heavy atom. The number of carbonyl (C=O) groups excluding carboxylic acids is 1. The monoisotopic (exact) mass is 293 g/mol. The van der Waals surface area contributed by atoms with E-state index in [0.29, 0.717) is 24.1 Å². The van der Waals surface area contributed by atoms with Crippen LogP contribution in [0.1, 0.15) is 38.2 Å². The van der Waals surface area contributed by atoms with Gasteiger partial charge in [-0.3, -0.25) is 4.79 Å². The van der Waals surface area contributed by atoms with Gasteiger partial charge in [-0.05, 0) is 36.6 Å². The van der Waals surface area contributed by atoms with Crippen molar-refractivity contribution >= 4 is 17.7 Å². The summed E-state index contributed by atoms with van der Waals surface area (Å²) in [5.41, 5.74) is 0.841. The van der Waals surface area contributed by atoms with E-state index in [1.807, 2.05) is 23.9 Å². The number of benzene rings is 1. The van der Waals surface area contributed by atoms with Gasteiger partial charge in [-0.25, -0.2) is 0 Å². The van der Waals surface area contributed by atoms with Crippen LogP contribution in [0.2, 0.25) is 0 Å². The van der Waals surface area contributed by atoms with E-state index in [-0.39, 0.29) is 11.7 Å². The van der Waals surface area contributed by atoms with E-state index >= 15 is 0 Å². The van der Waals surface area contributed by atoms with Crippen LogP contribution in [0.15, 0.2) is 24.3 Å². The average molecular weight is 293 g/mol. The van der Waals surface area contributed by atoms with E-state index < -0.39 is 0 Å². The molecule has 0 radical (unpaired) electrons. The first-order valence-electron chi connectivity index (χ1n) is 7.38. The lowest BCUT2D eigenvalue weighted by Gasteiger charge is -2.20. The van der Waals surface area contributed by atoms with Crippen LogP contribution in [0.25, 0.3) is 0 Å². The zero-order valence-electron chi connectivity index (χ0n) is 12.0. The van der Waals surface area contributed by atoms with E-state index in [9.17, 15) is 9.90 Å². The fourth-order valence-electron chi connectivity index (χ4n) is 2.75.